The van der Waals surface area contributed by atoms with E-state index in [1.54, 1.807) is 13.8 Å². The number of carbonyl (C=O) groups is 1. The summed E-state index contributed by atoms with van der Waals surface area (Å²) in [7, 11) is -1.25. The number of primary amides is 1. The molecule has 18 heavy (non-hydrogen) atoms. The molecule has 0 radical (unpaired) electrons. The molecule has 4 N–H and O–H groups in total. The Hall–Kier alpha value is -1.27. The highest BCUT2D eigenvalue weighted by atomic mass is 32.2. The maximum absolute atomic E-state index is 13.6. The second-order valence-electron chi connectivity index (χ2n) is 4.89. The van der Waals surface area contributed by atoms with E-state index < -0.39 is 28.1 Å². The Morgan fingerprint density at radius 1 is 1.44 bits per heavy atom. The van der Waals surface area contributed by atoms with Crippen LogP contribution in [0.2, 0.25) is 0 Å². The van der Waals surface area contributed by atoms with Gasteiger partial charge in [-0.25, -0.2) is 4.39 Å². The lowest BCUT2D eigenvalue weighted by atomic mass is 10.1. The maximum Gasteiger partial charge on any atom is 0.248 e. The first-order valence-electron chi connectivity index (χ1n) is 5.41. The standard InChI is InChI=1S/C12H17FN2O2S/c1-12(2,15)7-18(17)6-9-4-3-8(11(14)16)5-10(9)13/h3-5H,6-7,15H2,1-2H3,(H2,14,16). The molecule has 0 heterocycles. The Balaban J connectivity index is 2.80. The zero-order valence-corrected chi connectivity index (χ0v) is 11.2. The van der Waals surface area contributed by atoms with Gasteiger partial charge in [0, 0.05) is 33.2 Å². The van der Waals surface area contributed by atoms with Gasteiger partial charge < -0.3 is 11.5 Å². The molecule has 0 aliphatic heterocycles. The lowest BCUT2D eigenvalue weighted by Gasteiger charge is -2.17. The minimum atomic E-state index is -1.25. The van der Waals surface area contributed by atoms with Gasteiger partial charge in [-0.3, -0.25) is 9.00 Å². The Labute approximate surface area is 108 Å². The number of hydrogen-bond donors (Lipinski definition) is 2. The van der Waals surface area contributed by atoms with E-state index in [0.29, 0.717) is 5.56 Å². The summed E-state index contributed by atoms with van der Waals surface area (Å²) in [6.45, 7) is 3.52. The third kappa shape index (κ3) is 4.54. The first-order valence-corrected chi connectivity index (χ1v) is 6.90. The monoisotopic (exact) mass is 272 g/mol. The average Bonchev–Trinajstić information content (AvgIpc) is 2.17. The van der Waals surface area contributed by atoms with Crippen molar-refractivity contribution in [2.24, 2.45) is 11.5 Å². The number of amides is 1. The van der Waals surface area contributed by atoms with Crippen LogP contribution in [-0.4, -0.2) is 21.4 Å². The molecular formula is C12H17FN2O2S. The molecule has 0 spiro atoms. The first-order chi connectivity index (χ1) is 8.19. The molecular weight excluding hydrogens is 255 g/mol. The van der Waals surface area contributed by atoms with Crippen LogP contribution in [0.1, 0.15) is 29.8 Å². The summed E-state index contributed by atoms with van der Waals surface area (Å²) in [4.78, 5) is 10.9. The van der Waals surface area contributed by atoms with Crippen molar-refractivity contribution in [2.75, 3.05) is 5.75 Å². The molecule has 100 valence electrons. The van der Waals surface area contributed by atoms with E-state index in [-0.39, 0.29) is 17.1 Å². The van der Waals surface area contributed by atoms with Crippen LogP contribution >= 0.6 is 0 Å². The van der Waals surface area contributed by atoms with Gasteiger partial charge in [0.2, 0.25) is 5.91 Å². The third-order valence-corrected chi connectivity index (χ3v) is 3.89. The van der Waals surface area contributed by atoms with Gasteiger partial charge >= 0.3 is 0 Å². The Bertz CT molecular complexity index is 483. The van der Waals surface area contributed by atoms with Crippen LogP contribution in [-0.2, 0) is 16.6 Å². The number of nitrogens with two attached hydrogens (primary N) is 2. The van der Waals surface area contributed by atoms with Gasteiger partial charge in [0.05, 0.1) is 5.75 Å². The van der Waals surface area contributed by atoms with Crippen LogP contribution in [0.4, 0.5) is 4.39 Å². The lowest BCUT2D eigenvalue weighted by molar-refractivity contribution is 0.1000. The van der Waals surface area contributed by atoms with Gasteiger partial charge in [-0.2, -0.15) is 0 Å². The van der Waals surface area contributed by atoms with Crippen LogP contribution in [0.5, 0.6) is 0 Å². The molecule has 1 aromatic carbocycles. The fraction of sp³-hybridized carbons (Fsp3) is 0.417. The van der Waals surface area contributed by atoms with Crippen molar-refractivity contribution in [3.63, 3.8) is 0 Å². The second kappa shape index (κ2) is 5.58. The summed E-state index contributed by atoms with van der Waals surface area (Å²) in [6.07, 6.45) is 0. The minimum absolute atomic E-state index is 0.0749. The predicted octanol–water partition coefficient (Wildman–Crippen LogP) is 0.911. The normalized spacial score (nSPS) is 13.3. The largest absolute Gasteiger partial charge is 0.366 e. The van der Waals surface area contributed by atoms with Crippen LogP contribution in [0.25, 0.3) is 0 Å². The molecule has 0 aliphatic carbocycles. The minimum Gasteiger partial charge on any atom is -0.366 e. The molecule has 1 atom stereocenters. The first kappa shape index (κ1) is 14.8. The SMILES string of the molecule is CC(C)(N)CS(=O)Cc1ccc(C(N)=O)cc1F. The van der Waals surface area contributed by atoms with E-state index in [1.165, 1.54) is 12.1 Å². The van der Waals surface area contributed by atoms with Crippen molar-refractivity contribution >= 4 is 16.7 Å². The van der Waals surface area contributed by atoms with Crippen molar-refractivity contribution in [3.05, 3.63) is 35.1 Å². The quantitative estimate of drug-likeness (QED) is 0.835. The number of benzene rings is 1. The summed E-state index contributed by atoms with van der Waals surface area (Å²) < 4.78 is 25.4. The molecule has 6 heteroatoms. The predicted molar refractivity (Wildman–Crippen MR) is 69.9 cm³/mol. The van der Waals surface area contributed by atoms with Gasteiger partial charge in [-0.15, -0.1) is 0 Å². The Morgan fingerprint density at radius 2 is 2.06 bits per heavy atom. The third-order valence-electron chi connectivity index (χ3n) is 2.19. The maximum atomic E-state index is 13.6. The van der Waals surface area contributed by atoms with E-state index in [2.05, 4.69) is 0 Å². The molecule has 0 fully saturated rings. The van der Waals surface area contributed by atoms with E-state index in [9.17, 15) is 13.4 Å². The van der Waals surface area contributed by atoms with Gasteiger partial charge in [0.1, 0.15) is 5.82 Å². The average molecular weight is 272 g/mol. The second-order valence-corrected chi connectivity index (χ2v) is 6.34. The zero-order chi connectivity index (χ0) is 13.9. The van der Waals surface area contributed by atoms with E-state index in [1.807, 2.05) is 0 Å². The van der Waals surface area contributed by atoms with Gasteiger partial charge in [0.25, 0.3) is 0 Å². The summed E-state index contributed by atoms with van der Waals surface area (Å²) >= 11 is 0. The highest BCUT2D eigenvalue weighted by molar-refractivity contribution is 7.84. The van der Waals surface area contributed by atoms with Gasteiger partial charge in [-0.1, -0.05) is 6.07 Å². The summed E-state index contributed by atoms with van der Waals surface area (Å²) in [5.74, 6) is -0.908. The smallest absolute Gasteiger partial charge is 0.248 e. The Kier molecular flexibility index (Phi) is 4.59. The molecule has 1 rings (SSSR count). The molecule has 1 aromatic rings. The fourth-order valence-corrected chi connectivity index (χ4v) is 2.97. The molecule has 0 saturated heterocycles. The molecule has 4 nitrogen and oxygen atoms in total. The van der Waals surface area contributed by atoms with E-state index in [0.717, 1.165) is 6.07 Å². The van der Waals surface area contributed by atoms with Gasteiger partial charge in [-0.05, 0) is 26.0 Å². The van der Waals surface area contributed by atoms with Crippen molar-refractivity contribution in [1.29, 1.82) is 0 Å². The van der Waals surface area contributed by atoms with Crippen LogP contribution < -0.4 is 11.5 Å². The highest BCUT2D eigenvalue weighted by Gasteiger charge is 2.17. The van der Waals surface area contributed by atoms with Crippen LogP contribution in [0.15, 0.2) is 18.2 Å². The molecule has 0 aromatic heterocycles. The van der Waals surface area contributed by atoms with Crippen molar-refractivity contribution < 1.29 is 13.4 Å². The van der Waals surface area contributed by atoms with E-state index >= 15 is 0 Å². The molecule has 0 saturated carbocycles. The fourth-order valence-electron chi connectivity index (χ4n) is 1.46. The highest BCUT2D eigenvalue weighted by Crippen LogP contribution is 2.14. The molecule has 1 amide bonds. The topological polar surface area (TPSA) is 86.2 Å². The number of hydrogen-bond acceptors (Lipinski definition) is 3. The number of carbonyl (C=O) groups excluding carboxylic acids is 1. The molecule has 0 bridgehead atoms. The van der Waals surface area contributed by atoms with Crippen LogP contribution in [0.3, 0.4) is 0 Å². The lowest BCUT2D eigenvalue weighted by Crippen LogP contribution is -2.38. The Morgan fingerprint density at radius 3 is 2.50 bits per heavy atom. The van der Waals surface area contributed by atoms with Crippen LogP contribution in [0, 0.1) is 5.82 Å². The molecule has 0 aliphatic rings. The summed E-state index contributed by atoms with van der Waals surface area (Å²) in [5, 5.41) is 0. The summed E-state index contributed by atoms with van der Waals surface area (Å²) in [5.41, 5.74) is 10.6. The summed E-state index contributed by atoms with van der Waals surface area (Å²) in [6, 6.07) is 3.91. The van der Waals surface area contributed by atoms with Crippen molar-refractivity contribution in [1.82, 2.24) is 0 Å². The van der Waals surface area contributed by atoms with Crippen molar-refractivity contribution in [2.45, 2.75) is 25.1 Å². The van der Waals surface area contributed by atoms with Gasteiger partial charge in [0.15, 0.2) is 0 Å². The molecule has 1 unspecified atom stereocenters. The zero-order valence-electron chi connectivity index (χ0n) is 10.4. The van der Waals surface area contributed by atoms with E-state index in [4.69, 9.17) is 11.5 Å². The van der Waals surface area contributed by atoms with Crippen molar-refractivity contribution in [3.8, 4) is 0 Å². The number of rotatable bonds is 5. The number of halogens is 1.